The fourth-order valence-corrected chi connectivity index (χ4v) is 5.66. The van der Waals surface area contributed by atoms with E-state index in [1.165, 1.54) is 95.0 Å². The van der Waals surface area contributed by atoms with E-state index in [9.17, 15) is 0 Å². The minimum atomic E-state index is 0.138. The number of nitrogens with zero attached hydrogens (tertiary/aromatic N) is 1. The molecule has 0 bridgehead atoms. The summed E-state index contributed by atoms with van der Waals surface area (Å²) in [5.41, 5.74) is 2.60. The molecule has 2 fully saturated rings. The van der Waals surface area contributed by atoms with Crippen LogP contribution in [0, 0.1) is 17.8 Å². The number of oxime groups is 1. The van der Waals surface area contributed by atoms with Crippen LogP contribution in [0.4, 0.5) is 0 Å². The second-order valence-electron chi connectivity index (χ2n) is 9.26. The highest BCUT2D eigenvalue weighted by atomic mass is 16.6. The predicted octanol–water partition coefficient (Wildman–Crippen LogP) is 6.26. The molecular formula is C25H38N2O. The van der Waals surface area contributed by atoms with E-state index in [1.807, 2.05) is 0 Å². The summed E-state index contributed by atoms with van der Waals surface area (Å²) in [6.45, 7) is 2.48. The lowest BCUT2D eigenvalue weighted by atomic mass is 9.79. The summed E-state index contributed by atoms with van der Waals surface area (Å²) in [5, 5.41) is 8.11. The van der Waals surface area contributed by atoms with E-state index in [0.717, 1.165) is 18.3 Å². The van der Waals surface area contributed by atoms with E-state index in [4.69, 9.17) is 4.84 Å². The Labute approximate surface area is 171 Å². The van der Waals surface area contributed by atoms with Gasteiger partial charge in [0.25, 0.3) is 0 Å². The maximum Gasteiger partial charge on any atom is 0.157 e. The van der Waals surface area contributed by atoms with E-state index in [-0.39, 0.29) is 6.10 Å². The van der Waals surface area contributed by atoms with Gasteiger partial charge in [0.15, 0.2) is 6.10 Å². The molecule has 28 heavy (non-hydrogen) atoms. The summed E-state index contributed by atoms with van der Waals surface area (Å²) in [5.74, 6) is 2.61. The molecule has 4 rings (SSSR count). The largest absolute Gasteiger partial charge is 0.387 e. The molecule has 3 nitrogen and oxygen atoms in total. The third-order valence-corrected chi connectivity index (χ3v) is 7.39. The molecule has 1 saturated heterocycles. The van der Waals surface area contributed by atoms with Crippen LogP contribution in [0.1, 0.15) is 88.7 Å². The molecule has 1 aromatic rings. The summed E-state index contributed by atoms with van der Waals surface area (Å²) in [7, 11) is 0. The van der Waals surface area contributed by atoms with E-state index >= 15 is 0 Å². The van der Waals surface area contributed by atoms with E-state index in [0.29, 0.717) is 5.92 Å². The monoisotopic (exact) mass is 382 g/mol. The number of hydrogen-bond acceptors (Lipinski definition) is 3. The molecule has 0 aromatic heterocycles. The van der Waals surface area contributed by atoms with Crippen LogP contribution in [-0.2, 0) is 4.84 Å². The average Bonchev–Trinajstić information content (AvgIpc) is 3.22. The highest BCUT2D eigenvalue weighted by molar-refractivity contribution is 5.87. The molecule has 3 heteroatoms. The summed E-state index contributed by atoms with van der Waals surface area (Å²) < 4.78 is 0. The van der Waals surface area contributed by atoms with Crippen molar-refractivity contribution >= 4 is 5.71 Å². The van der Waals surface area contributed by atoms with Crippen molar-refractivity contribution in [3.8, 4) is 0 Å². The van der Waals surface area contributed by atoms with Crippen LogP contribution in [0.3, 0.4) is 0 Å². The summed E-state index contributed by atoms with van der Waals surface area (Å²) in [6.07, 6.45) is 16.4. The molecule has 154 valence electrons. The topological polar surface area (TPSA) is 33.6 Å². The molecule has 2 aliphatic heterocycles. The van der Waals surface area contributed by atoms with Gasteiger partial charge in [-0.2, -0.15) is 0 Å². The molecule has 3 aliphatic rings. The minimum absolute atomic E-state index is 0.138. The third-order valence-electron chi connectivity index (χ3n) is 7.39. The number of rotatable bonds is 3. The summed E-state index contributed by atoms with van der Waals surface area (Å²) in [4.78, 5) is 5.84. The quantitative estimate of drug-likeness (QED) is 0.669. The van der Waals surface area contributed by atoms with Crippen LogP contribution in [0.2, 0.25) is 0 Å². The molecule has 1 aromatic carbocycles. The average molecular weight is 383 g/mol. The minimum Gasteiger partial charge on any atom is -0.387 e. The predicted molar refractivity (Wildman–Crippen MR) is 116 cm³/mol. The molecular weight excluding hydrogens is 344 g/mol. The highest BCUT2D eigenvalue weighted by Crippen LogP contribution is 2.35. The first kappa shape index (κ1) is 19.9. The van der Waals surface area contributed by atoms with Crippen LogP contribution < -0.4 is 5.32 Å². The molecule has 0 radical (unpaired) electrons. The summed E-state index contributed by atoms with van der Waals surface area (Å²) >= 11 is 0. The lowest BCUT2D eigenvalue weighted by molar-refractivity contribution is 0.0856. The van der Waals surface area contributed by atoms with Gasteiger partial charge in [0.2, 0.25) is 0 Å². The van der Waals surface area contributed by atoms with Gasteiger partial charge in [0.05, 0.1) is 5.71 Å². The van der Waals surface area contributed by atoms with Crippen molar-refractivity contribution in [2.45, 2.75) is 83.2 Å². The van der Waals surface area contributed by atoms with Gasteiger partial charge >= 0.3 is 0 Å². The van der Waals surface area contributed by atoms with Crippen molar-refractivity contribution < 1.29 is 4.84 Å². The van der Waals surface area contributed by atoms with Crippen LogP contribution in [0.15, 0.2) is 35.5 Å². The van der Waals surface area contributed by atoms with Gasteiger partial charge in [-0.15, -0.1) is 0 Å². The van der Waals surface area contributed by atoms with Crippen molar-refractivity contribution in [2.75, 3.05) is 13.1 Å². The first-order chi connectivity index (χ1) is 13.9. The first-order valence-corrected chi connectivity index (χ1v) is 11.9. The Morgan fingerprint density at radius 1 is 0.750 bits per heavy atom. The van der Waals surface area contributed by atoms with Crippen LogP contribution in [-0.4, -0.2) is 18.8 Å². The van der Waals surface area contributed by atoms with Gasteiger partial charge in [-0.3, -0.25) is 0 Å². The van der Waals surface area contributed by atoms with E-state index < -0.39 is 0 Å². The number of piperidine rings is 1. The zero-order valence-electron chi connectivity index (χ0n) is 17.5. The normalized spacial score (nSPS) is 30.9. The zero-order chi connectivity index (χ0) is 19.0. The smallest absolute Gasteiger partial charge is 0.157 e. The molecule has 3 atom stereocenters. The lowest BCUT2D eigenvalue weighted by Crippen LogP contribution is -2.31. The standard InChI is InChI=1S/C25H38N2O/c1-3-9-20(21-15-17-26-18-16-21)10-7-8-12-22(11-4-1)24-19-25(28-27-24)23-13-5-2-6-14-23/h2,5-6,13-14,20-22,25-26H,1,3-4,7-12,15-19H2. The van der Waals surface area contributed by atoms with Crippen LogP contribution in [0.25, 0.3) is 0 Å². The second kappa shape index (κ2) is 10.4. The van der Waals surface area contributed by atoms with Crippen molar-refractivity contribution in [3.63, 3.8) is 0 Å². The Balaban J connectivity index is 1.29. The van der Waals surface area contributed by atoms with E-state index in [1.54, 1.807) is 0 Å². The Kier molecular flexibility index (Phi) is 7.43. The Morgan fingerprint density at radius 3 is 2.18 bits per heavy atom. The van der Waals surface area contributed by atoms with Gasteiger partial charge in [-0.05, 0) is 56.2 Å². The van der Waals surface area contributed by atoms with Gasteiger partial charge < -0.3 is 10.2 Å². The molecule has 3 unspecified atom stereocenters. The maximum atomic E-state index is 5.84. The van der Waals surface area contributed by atoms with Crippen molar-refractivity contribution in [1.82, 2.24) is 5.32 Å². The SMILES string of the molecule is c1ccc(C2CC(C3CCCCCC(C4CCNCC4)CCCC3)=NO2)cc1. The lowest BCUT2D eigenvalue weighted by Gasteiger charge is -2.31. The number of hydrogen-bond donors (Lipinski definition) is 1. The Hall–Kier alpha value is -1.35. The fraction of sp³-hybridized carbons (Fsp3) is 0.720. The van der Waals surface area contributed by atoms with Crippen molar-refractivity contribution in [3.05, 3.63) is 35.9 Å². The fourth-order valence-electron chi connectivity index (χ4n) is 5.66. The van der Waals surface area contributed by atoms with E-state index in [2.05, 4.69) is 40.8 Å². The molecule has 2 heterocycles. The van der Waals surface area contributed by atoms with Gasteiger partial charge in [-0.1, -0.05) is 80.4 Å². The van der Waals surface area contributed by atoms with Crippen LogP contribution in [0.5, 0.6) is 0 Å². The van der Waals surface area contributed by atoms with Gasteiger partial charge in [0.1, 0.15) is 0 Å². The molecule has 1 N–H and O–H groups in total. The molecule has 1 saturated carbocycles. The van der Waals surface area contributed by atoms with Crippen molar-refractivity contribution in [1.29, 1.82) is 0 Å². The van der Waals surface area contributed by atoms with Crippen molar-refractivity contribution in [2.24, 2.45) is 22.9 Å². The third kappa shape index (κ3) is 5.37. The number of nitrogens with one attached hydrogen (secondary N) is 1. The maximum absolute atomic E-state index is 5.84. The zero-order valence-corrected chi connectivity index (χ0v) is 17.5. The highest BCUT2D eigenvalue weighted by Gasteiger charge is 2.29. The van der Waals surface area contributed by atoms with Crippen LogP contribution >= 0.6 is 0 Å². The van der Waals surface area contributed by atoms with Gasteiger partial charge in [0, 0.05) is 12.3 Å². The summed E-state index contributed by atoms with van der Waals surface area (Å²) in [6, 6.07) is 10.6. The molecule has 0 spiro atoms. The molecule has 0 amide bonds. The van der Waals surface area contributed by atoms with Gasteiger partial charge in [-0.25, -0.2) is 0 Å². The molecule has 1 aliphatic carbocycles. The first-order valence-electron chi connectivity index (χ1n) is 11.9. The second-order valence-corrected chi connectivity index (χ2v) is 9.26. The Morgan fingerprint density at radius 2 is 1.39 bits per heavy atom. The Bertz CT molecular complexity index is 608. The number of benzene rings is 1.